The molecule has 1 aliphatic heterocycles. The van der Waals surface area contributed by atoms with E-state index in [1.165, 1.54) is 42.2 Å². The van der Waals surface area contributed by atoms with Gasteiger partial charge >= 0.3 is 5.91 Å². The van der Waals surface area contributed by atoms with Gasteiger partial charge in [-0.15, -0.1) is 10.2 Å². The number of carbonyl (C=O) groups excluding carboxylic acids is 2. The van der Waals surface area contributed by atoms with Gasteiger partial charge in [0.05, 0.1) is 25.8 Å². The lowest BCUT2D eigenvalue weighted by molar-refractivity contribution is -0.132. The van der Waals surface area contributed by atoms with Crippen LogP contribution in [0.25, 0.3) is 16.5 Å². The van der Waals surface area contributed by atoms with Crippen LogP contribution in [0.15, 0.2) is 94.8 Å². The highest BCUT2D eigenvalue weighted by molar-refractivity contribution is 8.00. The molecule has 1 N–H and O–H groups in total. The molecule has 4 aromatic carbocycles. The molecule has 0 saturated carbocycles. The molecule has 1 aromatic heterocycles. The standard InChI is InChI=1S/C32H24ClN3O5S2/c1-40-24-15-12-20(16-25(24)41-2)28(37)26-27(19-10-13-22(33)14-11-19)36(30(39)29(26)38)31-34-35-32(43-31)42-17-21-8-5-7-18-6-3-4-9-23(18)21/h3-16,27,37H,17H2,1-2H3/t27-/m1/s1. The number of nitrogens with zero attached hydrogens (tertiary/aromatic N) is 3. The van der Waals surface area contributed by atoms with Crippen LogP contribution in [-0.2, 0) is 15.3 Å². The van der Waals surface area contributed by atoms with Gasteiger partial charge in [0.15, 0.2) is 15.8 Å². The Balaban J connectivity index is 1.38. The number of anilines is 1. The van der Waals surface area contributed by atoms with E-state index in [4.69, 9.17) is 21.1 Å². The fourth-order valence-corrected chi connectivity index (χ4v) is 7.04. The van der Waals surface area contributed by atoms with Gasteiger partial charge in [0.25, 0.3) is 5.78 Å². The van der Waals surface area contributed by atoms with Gasteiger partial charge in [-0.1, -0.05) is 89.3 Å². The minimum atomic E-state index is -0.964. The number of ketones is 1. The number of carbonyl (C=O) groups is 2. The number of aliphatic hydroxyl groups is 1. The molecule has 2 heterocycles. The third-order valence-corrected chi connectivity index (χ3v) is 9.48. The summed E-state index contributed by atoms with van der Waals surface area (Å²) in [4.78, 5) is 28.4. The van der Waals surface area contributed by atoms with E-state index in [2.05, 4.69) is 34.5 Å². The zero-order valence-electron chi connectivity index (χ0n) is 23.0. The third-order valence-electron chi connectivity index (χ3n) is 7.12. The highest BCUT2D eigenvalue weighted by atomic mass is 35.5. The van der Waals surface area contributed by atoms with Crippen molar-refractivity contribution in [2.24, 2.45) is 0 Å². The number of ether oxygens (including phenoxy) is 2. The summed E-state index contributed by atoms with van der Waals surface area (Å²) in [6, 6.07) is 24.9. The Morgan fingerprint density at radius 1 is 0.953 bits per heavy atom. The minimum Gasteiger partial charge on any atom is -0.507 e. The third kappa shape index (κ3) is 5.45. The lowest BCUT2D eigenvalue weighted by Gasteiger charge is -2.22. The van der Waals surface area contributed by atoms with Crippen LogP contribution in [0.2, 0.25) is 5.02 Å². The van der Waals surface area contributed by atoms with Gasteiger partial charge < -0.3 is 14.6 Å². The van der Waals surface area contributed by atoms with Crippen molar-refractivity contribution in [3.05, 3.63) is 112 Å². The number of hydrogen-bond acceptors (Lipinski definition) is 9. The van der Waals surface area contributed by atoms with Crippen LogP contribution in [0.4, 0.5) is 5.13 Å². The Labute approximate surface area is 260 Å². The Morgan fingerprint density at radius 2 is 1.70 bits per heavy atom. The van der Waals surface area contributed by atoms with Crippen LogP contribution in [0.3, 0.4) is 0 Å². The second-order valence-corrected chi connectivity index (χ2v) is 12.2. The predicted molar refractivity (Wildman–Crippen MR) is 169 cm³/mol. The summed E-state index contributed by atoms with van der Waals surface area (Å²) < 4.78 is 11.3. The normalized spacial score (nSPS) is 16.2. The van der Waals surface area contributed by atoms with E-state index in [1.807, 2.05) is 18.2 Å². The van der Waals surface area contributed by atoms with Crippen LogP contribution in [0, 0.1) is 0 Å². The molecule has 1 amide bonds. The number of fused-ring (bicyclic) bond motifs is 1. The molecule has 0 bridgehead atoms. The maximum absolute atomic E-state index is 13.6. The molecular formula is C32H24ClN3O5S2. The van der Waals surface area contributed by atoms with Crippen LogP contribution < -0.4 is 14.4 Å². The molecule has 1 atom stereocenters. The van der Waals surface area contributed by atoms with Crippen molar-refractivity contribution >= 4 is 68.1 Å². The molecule has 0 unspecified atom stereocenters. The summed E-state index contributed by atoms with van der Waals surface area (Å²) in [6.45, 7) is 0. The molecule has 0 radical (unpaired) electrons. The van der Waals surface area contributed by atoms with Crippen molar-refractivity contribution in [2.45, 2.75) is 16.1 Å². The van der Waals surface area contributed by atoms with Crippen molar-refractivity contribution in [1.82, 2.24) is 10.2 Å². The summed E-state index contributed by atoms with van der Waals surface area (Å²) in [5, 5.41) is 23.1. The van der Waals surface area contributed by atoms with E-state index >= 15 is 0 Å². The lowest BCUT2D eigenvalue weighted by Crippen LogP contribution is -2.29. The van der Waals surface area contributed by atoms with Gasteiger partial charge in [-0.2, -0.15) is 0 Å². The minimum absolute atomic E-state index is 0.0836. The first-order valence-corrected chi connectivity index (χ1v) is 15.3. The molecule has 5 aromatic rings. The number of hydrogen-bond donors (Lipinski definition) is 1. The van der Waals surface area contributed by atoms with Crippen molar-refractivity contribution in [1.29, 1.82) is 0 Å². The van der Waals surface area contributed by atoms with E-state index < -0.39 is 17.7 Å². The molecule has 6 rings (SSSR count). The zero-order chi connectivity index (χ0) is 30.1. The Kier molecular flexibility index (Phi) is 8.07. The number of amides is 1. The maximum Gasteiger partial charge on any atom is 0.301 e. The number of rotatable bonds is 8. The summed E-state index contributed by atoms with van der Waals surface area (Å²) >= 11 is 8.86. The van der Waals surface area contributed by atoms with E-state index in [9.17, 15) is 14.7 Å². The summed E-state index contributed by atoms with van der Waals surface area (Å²) in [7, 11) is 2.97. The quantitative estimate of drug-likeness (QED) is 0.0628. The van der Waals surface area contributed by atoms with Gasteiger partial charge in [0.2, 0.25) is 5.13 Å². The molecule has 11 heteroatoms. The number of methoxy groups -OCH3 is 2. The van der Waals surface area contributed by atoms with Gasteiger partial charge in [0.1, 0.15) is 5.76 Å². The van der Waals surface area contributed by atoms with Crippen LogP contribution in [0.5, 0.6) is 11.5 Å². The molecular weight excluding hydrogens is 606 g/mol. The molecule has 1 fully saturated rings. The van der Waals surface area contributed by atoms with E-state index in [1.54, 1.807) is 42.5 Å². The number of benzene rings is 4. The van der Waals surface area contributed by atoms with Crippen molar-refractivity contribution in [3.8, 4) is 11.5 Å². The molecule has 8 nitrogen and oxygen atoms in total. The highest BCUT2D eigenvalue weighted by Gasteiger charge is 2.48. The largest absolute Gasteiger partial charge is 0.507 e. The Morgan fingerprint density at radius 3 is 2.47 bits per heavy atom. The molecule has 43 heavy (non-hydrogen) atoms. The fourth-order valence-electron chi connectivity index (χ4n) is 5.05. The monoisotopic (exact) mass is 629 g/mol. The number of thioether (sulfide) groups is 1. The SMILES string of the molecule is COc1ccc(C(O)=C2C(=O)C(=O)N(c3nnc(SCc4cccc5ccccc45)s3)[C@@H]2c2ccc(Cl)cc2)cc1OC. The van der Waals surface area contributed by atoms with Crippen molar-refractivity contribution < 1.29 is 24.2 Å². The number of aromatic nitrogens is 2. The Bertz CT molecular complexity index is 1880. The Hall–Kier alpha value is -4.38. The number of Topliss-reactive ketones (excluding diaryl/α,β-unsaturated/α-hetero) is 1. The summed E-state index contributed by atoms with van der Waals surface area (Å²) in [6.07, 6.45) is 0. The van der Waals surface area contributed by atoms with Crippen LogP contribution in [0.1, 0.15) is 22.7 Å². The van der Waals surface area contributed by atoms with Crippen LogP contribution >= 0.6 is 34.7 Å². The topological polar surface area (TPSA) is 102 Å². The number of halogens is 1. The van der Waals surface area contributed by atoms with Gasteiger partial charge in [0, 0.05) is 16.3 Å². The van der Waals surface area contributed by atoms with Gasteiger partial charge in [-0.25, -0.2) is 0 Å². The first-order chi connectivity index (χ1) is 20.9. The second kappa shape index (κ2) is 12.1. The molecule has 1 saturated heterocycles. The van der Waals surface area contributed by atoms with Gasteiger partial charge in [-0.05, 0) is 52.2 Å². The second-order valence-electron chi connectivity index (χ2n) is 9.57. The molecule has 1 aliphatic rings. The molecule has 0 spiro atoms. The van der Waals surface area contributed by atoms with Crippen molar-refractivity contribution in [2.75, 3.05) is 19.1 Å². The van der Waals surface area contributed by atoms with E-state index in [0.717, 1.165) is 16.3 Å². The average Bonchev–Trinajstić information content (AvgIpc) is 3.61. The van der Waals surface area contributed by atoms with E-state index in [0.29, 0.717) is 37.7 Å². The van der Waals surface area contributed by atoms with Gasteiger partial charge in [-0.3, -0.25) is 14.5 Å². The lowest BCUT2D eigenvalue weighted by atomic mass is 9.95. The zero-order valence-corrected chi connectivity index (χ0v) is 25.4. The fraction of sp³-hybridized carbons (Fsp3) is 0.125. The summed E-state index contributed by atoms with van der Waals surface area (Å²) in [5.41, 5.74) is 1.93. The summed E-state index contributed by atoms with van der Waals surface area (Å²) in [5.74, 6) is -0.542. The molecule has 216 valence electrons. The molecule has 0 aliphatic carbocycles. The van der Waals surface area contributed by atoms with E-state index in [-0.39, 0.29) is 16.5 Å². The highest BCUT2D eigenvalue weighted by Crippen LogP contribution is 2.45. The maximum atomic E-state index is 13.6. The van der Waals surface area contributed by atoms with Crippen LogP contribution in [-0.4, -0.2) is 41.2 Å². The predicted octanol–water partition coefficient (Wildman–Crippen LogP) is 7.28. The smallest absolute Gasteiger partial charge is 0.301 e. The average molecular weight is 630 g/mol. The first-order valence-electron chi connectivity index (χ1n) is 13.1. The number of aliphatic hydroxyl groups excluding tert-OH is 1. The first kappa shape index (κ1) is 28.7. The van der Waals surface area contributed by atoms with Crippen molar-refractivity contribution in [3.63, 3.8) is 0 Å².